The standard InChI is InChI=1S/C10H19F5N2O4S/c1-17(2,18)6-3-5-16-22(19,20)8-4-7-21-10(14,15)9(11,12)13/h16H,3-8H2,1-2H3. The molecule has 0 aliphatic heterocycles. The highest BCUT2D eigenvalue weighted by atomic mass is 32.2. The maximum Gasteiger partial charge on any atom is 0.482 e. The SMILES string of the molecule is C[N+](C)([O-])CCCNS(=O)(=O)CCCOC(F)(F)C(F)(F)F. The first-order chi connectivity index (χ1) is 9.66. The van der Waals surface area contributed by atoms with Gasteiger partial charge < -0.3 is 14.6 Å². The van der Waals surface area contributed by atoms with Gasteiger partial charge in [-0.3, -0.25) is 0 Å². The van der Waals surface area contributed by atoms with Gasteiger partial charge in [-0.2, -0.15) is 22.0 Å². The largest absolute Gasteiger partial charge is 0.633 e. The predicted molar refractivity (Wildman–Crippen MR) is 68.3 cm³/mol. The molecule has 0 unspecified atom stereocenters. The summed E-state index contributed by atoms with van der Waals surface area (Å²) >= 11 is 0. The molecular formula is C10H19F5N2O4S. The third kappa shape index (κ3) is 9.46. The molecule has 0 bridgehead atoms. The van der Waals surface area contributed by atoms with Gasteiger partial charge in [-0.15, -0.1) is 0 Å². The average Bonchev–Trinajstić information content (AvgIpc) is 2.28. The number of rotatable bonds is 10. The molecule has 0 fully saturated rings. The zero-order valence-corrected chi connectivity index (χ0v) is 12.9. The normalized spacial score (nSPS) is 14.4. The molecule has 1 N–H and O–H groups in total. The minimum atomic E-state index is -5.84. The molecule has 0 saturated heterocycles. The van der Waals surface area contributed by atoms with Crippen LogP contribution < -0.4 is 4.72 Å². The number of hydrogen-bond acceptors (Lipinski definition) is 4. The summed E-state index contributed by atoms with van der Waals surface area (Å²) in [7, 11) is -1.05. The summed E-state index contributed by atoms with van der Waals surface area (Å²) in [4.78, 5) is 0. The van der Waals surface area contributed by atoms with Crippen LogP contribution in [0, 0.1) is 5.21 Å². The minimum absolute atomic E-state index is 0.0220. The molecule has 6 nitrogen and oxygen atoms in total. The van der Waals surface area contributed by atoms with Crippen LogP contribution in [0.5, 0.6) is 0 Å². The van der Waals surface area contributed by atoms with Crippen molar-refractivity contribution in [3.8, 4) is 0 Å². The van der Waals surface area contributed by atoms with Crippen LogP contribution in [-0.4, -0.2) is 64.9 Å². The number of ether oxygens (including phenoxy) is 1. The van der Waals surface area contributed by atoms with Crippen molar-refractivity contribution in [3.05, 3.63) is 5.21 Å². The number of sulfonamides is 1. The highest BCUT2D eigenvalue weighted by molar-refractivity contribution is 7.89. The van der Waals surface area contributed by atoms with Crippen LogP contribution in [0.25, 0.3) is 0 Å². The van der Waals surface area contributed by atoms with E-state index >= 15 is 0 Å². The molecule has 0 aliphatic rings. The molecule has 0 rings (SSSR count). The van der Waals surface area contributed by atoms with Crippen LogP contribution in [0.1, 0.15) is 12.8 Å². The second-order valence-electron chi connectivity index (χ2n) is 5.08. The summed E-state index contributed by atoms with van der Waals surface area (Å²) in [6, 6.07) is 0. The number of quaternary nitrogens is 1. The number of alkyl halides is 5. The Morgan fingerprint density at radius 3 is 2.14 bits per heavy atom. The molecule has 0 aromatic carbocycles. The molecule has 0 radical (unpaired) electrons. The predicted octanol–water partition coefficient (Wildman–Crippen LogP) is 1.43. The Kier molecular flexibility index (Phi) is 7.62. The number of hydrogen-bond donors (Lipinski definition) is 1. The molecule has 0 spiro atoms. The van der Waals surface area contributed by atoms with E-state index in [-0.39, 0.29) is 19.5 Å². The molecule has 134 valence electrons. The van der Waals surface area contributed by atoms with Gasteiger partial charge in [-0.25, -0.2) is 13.1 Å². The lowest BCUT2D eigenvalue weighted by Crippen LogP contribution is -2.39. The highest BCUT2D eigenvalue weighted by Crippen LogP contribution is 2.36. The van der Waals surface area contributed by atoms with Gasteiger partial charge in [0.05, 0.1) is 33.0 Å². The first-order valence-corrected chi connectivity index (χ1v) is 7.91. The van der Waals surface area contributed by atoms with E-state index < -0.39 is 45.7 Å². The summed E-state index contributed by atoms with van der Waals surface area (Å²) in [5.41, 5.74) is 0. The van der Waals surface area contributed by atoms with E-state index in [4.69, 9.17) is 0 Å². The zero-order chi connectivity index (χ0) is 17.7. The number of halogens is 5. The molecule has 0 aromatic rings. The quantitative estimate of drug-likeness (QED) is 0.277. The molecule has 0 atom stereocenters. The maximum atomic E-state index is 12.4. The Morgan fingerprint density at radius 1 is 1.14 bits per heavy atom. The summed E-state index contributed by atoms with van der Waals surface area (Å²) in [6.07, 6.45) is -11.4. The fourth-order valence-electron chi connectivity index (χ4n) is 1.29. The van der Waals surface area contributed by atoms with Gasteiger partial charge in [-0.05, 0) is 6.42 Å². The van der Waals surface area contributed by atoms with E-state index in [1.807, 2.05) is 0 Å². The first-order valence-electron chi connectivity index (χ1n) is 6.26. The summed E-state index contributed by atoms with van der Waals surface area (Å²) in [5, 5.41) is 11.2. The third-order valence-electron chi connectivity index (χ3n) is 2.37. The fraction of sp³-hybridized carbons (Fsp3) is 1.00. The van der Waals surface area contributed by atoms with Gasteiger partial charge in [0, 0.05) is 13.0 Å². The Labute approximate surface area is 125 Å². The molecule has 0 aliphatic carbocycles. The van der Waals surface area contributed by atoms with Crippen LogP contribution in [-0.2, 0) is 14.8 Å². The van der Waals surface area contributed by atoms with Crippen molar-refractivity contribution >= 4 is 10.0 Å². The van der Waals surface area contributed by atoms with E-state index in [1.165, 1.54) is 14.1 Å². The van der Waals surface area contributed by atoms with Gasteiger partial charge >= 0.3 is 12.3 Å². The van der Waals surface area contributed by atoms with Gasteiger partial charge in [0.1, 0.15) is 0 Å². The Hall–Kier alpha value is -0.560. The van der Waals surface area contributed by atoms with E-state index in [0.29, 0.717) is 0 Å². The van der Waals surface area contributed by atoms with Crippen molar-refractivity contribution in [2.45, 2.75) is 25.1 Å². The topological polar surface area (TPSA) is 78.5 Å². The molecule has 12 heteroatoms. The van der Waals surface area contributed by atoms with E-state index in [0.717, 1.165) is 0 Å². The molecule has 22 heavy (non-hydrogen) atoms. The van der Waals surface area contributed by atoms with Crippen LogP contribution in [0.4, 0.5) is 22.0 Å². The first kappa shape index (κ1) is 21.4. The minimum Gasteiger partial charge on any atom is -0.633 e. The Balaban J connectivity index is 4.00. The van der Waals surface area contributed by atoms with Crippen molar-refractivity contribution in [2.75, 3.05) is 39.5 Å². The molecular weight excluding hydrogens is 339 g/mol. The zero-order valence-electron chi connectivity index (χ0n) is 12.1. The average molecular weight is 358 g/mol. The van der Waals surface area contributed by atoms with Gasteiger partial charge in [0.25, 0.3) is 0 Å². The lowest BCUT2D eigenvalue weighted by molar-refractivity contribution is -0.840. The highest BCUT2D eigenvalue weighted by Gasteiger charge is 2.59. The second kappa shape index (κ2) is 7.81. The monoisotopic (exact) mass is 358 g/mol. The van der Waals surface area contributed by atoms with Crippen molar-refractivity contribution in [1.82, 2.24) is 4.72 Å². The van der Waals surface area contributed by atoms with Crippen LogP contribution in [0.2, 0.25) is 0 Å². The third-order valence-corrected chi connectivity index (χ3v) is 3.84. The van der Waals surface area contributed by atoms with E-state index in [2.05, 4.69) is 9.46 Å². The number of nitrogens with zero attached hydrogens (tertiary/aromatic N) is 1. The number of hydroxylamine groups is 3. The van der Waals surface area contributed by atoms with Gasteiger partial charge in [0.2, 0.25) is 10.0 Å². The lowest BCUT2D eigenvalue weighted by atomic mass is 10.4. The summed E-state index contributed by atoms with van der Waals surface area (Å²) < 4.78 is 87.7. The van der Waals surface area contributed by atoms with Crippen LogP contribution in [0.15, 0.2) is 0 Å². The van der Waals surface area contributed by atoms with Gasteiger partial charge in [-0.1, -0.05) is 0 Å². The van der Waals surface area contributed by atoms with Crippen molar-refractivity contribution in [3.63, 3.8) is 0 Å². The van der Waals surface area contributed by atoms with Crippen molar-refractivity contribution in [2.24, 2.45) is 0 Å². The summed E-state index contributed by atoms with van der Waals surface area (Å²) in [5.74, 6) is -0.656. The maximum absolute atomic E-state index is 12.4. The van der Waals surface area contributed by atoms with E-state index in [9.17, 15) is 35.6 Å². The smallest absolute Gasteiger partial charge is 0.482 e. The van der Waals surface area contributed by atoms with E-state index in [1.54, 1.807) is 0 Å². The van der Waals surface area contributed by atoms with Crippen molar-refractivity contribution < 1.29 is 39.8 Å². The molecule has 0 amide bonds. The molecule has 0 saturated carbocycles. The lowest BCUT2D eigenvalue weighted by Gasteiger charge is -2.33. The van der Waals surface area contributed by atoms with Gasteiger partial charge in [0.15, 0.2) is 0 Å². The second-order valence-corrected chi connectivity index (χ2v) is 7.01. The summed E-state index contributed by atoms with van der Waals surface area (Å²) in [6.45, 7) is -0.910. The Morgan fingerprint density at radius 2 is 1.68 bits per heavy atom. The Bertz CT molecular complexity index is 434. The fourth-order valence-corrected chi connectivity index (χ4v) is 2.39. The molecule has 0 aromatic heterocycles. The van der Waals surface area contributed by atoms with Crippen molar-refractivity contribution in [1.29, 1.82) is 0 Å². The van der Waals surface area contributed by atoms with Crippen LogP contribution >= 0.6 is 0 Å². The molecule has 0 heterocycles. The number of nitrogens with one attached hydrogen (secondary N) is 1. The van der Waals surface area contributed by atoms with Crippen LogP contribution in [0.3, 0.4) is 0 Å².